The van der Waals surface area contributed by atoms with Crippen molar-refractivity contribution in [1.29, 1.82) is 0 Å². The summed E-state index contributed by atoms with van der Waals surface area (Å²) in [5.74, 6) is 0.826. The molecule has 0 unspecified atom stereocenters. The molecule has 0 amide bonds. The highest BCUT2D eigenvalue weighted by Gasteiger charge is 2.10. The highest BCUT2D eigenvalue weighted by Crippen LogP contribution is 2.10. The summed E-state index contributed by atoms with van der Waals surface area (Å²) < 4.78 is 5.41. The molecule has 29 heavy (non-hydrogen) atoms. The third kappa shape index (κ3) is 7.65. The standard InChI is InChI=1S/C22H30ClN5O/c1-2-24-22(25-10-9-19-7-8-21(23)26-15-19)27-16-18-3-5-20(6-4-18)17-28-11-13-29-14-12-28/h3-8,15H,2,9-14,16-17H2,1H3,(H2,24,25,27). The van der Waals surface area contributed by atoms with Gasteiger partial charge < -0.3 is 15.4 Å². The second-order valence-corrected chi connectivity index (χ2v) is 7.45. The molecule has 1 aliphatic rings. The number of benzene rings is 1. The molecule has 2 aromatic rings. The van der Waals surface area contributed by atoms with Gasteiger partial charge >= 0.3 is 0 Å². The van der Waals surface area contributed by atoms with E-state index in [1.165, 1.54) is 11.1 Å². The van der Waals surface area contributed by atoms with Crippen molar-refractivity contribution in [1.82, 2.24) is 20.5 Å². The molecule has 1 fully saturated rings. The van der Waals surface area contributed by atoms with E-state index in [1.54, 1.807) is 0 Å². The first kappa shape index (κ1) is 21.6. The molecule has 0 bridgehead atoms. The maximum atomic E-state index is 5.83. The molecule has 0 saturated carbocycles. The van der Waals surface area contributed by atoms with Crippen molar-refractivity contribution in [2.24, 2.45) is 4.99 Å². The van der Waals surface area contributed by atoms with Crippen LogP contribution in [0.1, 0.15) is 23.6 Å². The van der Waals surface area contributed by atoms with Crippen LogP contribution in [-0.4, -0.2) is 55.2 Å². The number of nitrogens with zero attached hydrogens (tertiary/aromatic N) is 3. The normalized spacial score (nSPS) is 15.3. The van der Waals surface area contributed by atoms with Gasteiger partial charge in [0.25, 0.3) is 0 Å². The van der Waals surface area contributed by atoms with Gasteiger partial charge in [-0.25, -0.2) is 9.98 Å². The molecule has 1 aromatic carbocycles. The Kier molecular flexibility index (Phi) is 8.74. The average Bonchev–Trinajstić information content (AvgIpc) is 2.75. The molecule has 2 N–H and O–H groups in total. The first-order valence-electron chi connectivity index (χ1n) is 10.2. The van der Waals surface area contributed by atoms with Gasteiger partial charge in [0.15, 0.2) is 5.96 Å². The number of hydrogen-bond acceptors (Lipinski definition) is 4. The van der Waals surface area contributed by atoms with Gasteiger partial charge in [0, 0.05) is 38.9 Å². The van der Waals surface area contributed by atoms with Crippen LogP contribution in [0.2, 0.25) is 5.15 Å². The maximum Gasteiger partial charge on any atom is 0.191 e. The van der Waals surface area contributed by atoms with Crippen LogP contribution in [0.25, 0.3) is 0 Å². The summed E-state index contributed by atoms with van der Waals surface area (Å²) in [5, 5.41) is 7.20. The molecule has 0 radical (unpaired) electrons. The van der Waals surface area contributed by atoms with Gasteiger partial charge in [0.05, 0.1) is 19.8 Å². The summed E-state index contributed by atoms with van der Waals surface area (Å²) >= 11 is 5.83. The van der Waals surface area contributed by atoms with E-state index in [0.29, 0.717) is 11.7 Å². The molecule has 0 atom stereocenters. The summed E-state index contributed by atoms with van der Waals surface area (Å²) in [4.78, 5) is 11.3. The Morgan fingerprint density at radius 2 is 1.79 bits per heavy atom. The zero-order chi connectivity index (χ0) is 20.3. The summed E-state index contributed by atoms with van der Waals surface area (Å²) in [6, 6.07) is 12.6. The number of pyridine rings is 1. The monoisotopic (exact) mass is 415 g/mol. The fourth-order valence-corrected chi connectivity index (χ4v) is 3.27. The van der Waals surface area contributed by atoms with Gasteiger partial charge in [0.1, 0.15) is 5.15 Å². The van der Waals surface area contributed by atoms with E-state index in [4.69, 9.17) is 21.3 Å². The van der Waals surface area contributed by atoms with E-state index in [0.717, 1.165) is 63.9 Å². The molecule has 1 aliphatic heterocycles. The topological polar surface area (TPSA) is 61.8 Å². The number of morpholine rings is 1. The van der Waals surface area contributed by atoms with E-state index >= 15 is 0 Å². The molecule has 0 aliphatic carbocycles. The van der Waals surface area contributed by atoms with Crippen LogP contribution in [0.5, 0.6) is 0 Å². The molecule has 0 spiro atoms. The predicted octanol–water partition coefficient (Wildman–Crippen LogP) is 2.87. The zero-order valence-electron chi connectivity index (χ0n) is 17.0. The number of nitrogens with one attached hydrogen (secondary N) is 2. The number of rotatable bonds is 8. The Bertz CT molecular complexity index is 758. The minimum Gasteiger partial charge on any atom is -0.379 e. The van der Waals surface area contributed by atoms with Crippen molar-refractivity contribution >= 4 is 17.6 Å². The zero-order valence-corrected chi connectivity index (χ0v) is 17.8. The Balaban J connectivity index is 1.47. The van der Waals surface area contributed by atoms with E-state index in [2.05, 4.69) is 51.7 Å². The molecule has 6 nitrogen and oxygen atoms in total. The molecule has 7 heteroatoms. The lowest BCUT2D eigenvalue weighted by Crippen LogP contribution is -2.38. The Morgan fingerprint density at radius 1 is 1.07 bits per heavy atom. The SMILES string of the molecule is CCNC(=NCc1ccc(CN2CCOCC2)cc1)NCCc1ccc(Cl)nc1. The first-order chi connectivity index (χ1) is 14.2. The Morgan fingerprint density at radius 3 is 2.48 bits per heavy atom. The highest BCUT2D eigenvalue weighted by molar-refractivity contribution is 6.29. The molecule has 156 valence electrons. The van der Waals surface area contributed by atoms with Crippen molar-refractivity contribution in [3.8, 4) is 0 Å². The van der Waals surface area contributed by atoms with E-state index < -0.39 is 0 Å². The Hall–Kier alpha value is -2.15. The first-order valence-corrected chi connectivity index (χ1v) is 10.6. The van der Waals surface area contributed by atoms with Gasteiger partial charge in [-0.1, -0.05) is 41.9 Å². The summed E-state index contributed by atoms with van der Waals surface area (Å²) in [6.45, 7) is 9.00. The average molecular weight is 416 g/mol. The number of ether oxygens (including phenoxy) is 1. The van der Waals surface area contributed by atoms with Crippen molar-refractivity contribution in [2.75, 3.05) is 39.4 Å². The predicted molar refractivity (Wildman–Crippen MR) is 118 cm³/mol. The van der Waals surface area contributed by atoms with E-state index in [-0.39, 0.29) is 0 Å². The number of halogens is 1. The maximum absolute atomic E-state index is 5.83. The summed E-state index contributed by atoms with van der Waals surface area (Å²) in [6.07, 6.45) is 2.68. The van der Waals surface area contributed by atoms with Crippen LogP contribution in [0.4, 0.5) is 0 Å². The fraction of sp³-hybridized carbons (Fsp3) is 0.455. The van der Waals surface area contributed by atoms with E-state index in [1.807, 2.05) is 18.3 Å². The minimum atomic E-state index is 0.521. The van der Waals surface area contributed by atoms with Crippen LogP contribution >= 0.6 is 11.6 Å². The van der Waals surface area contributed by atoms with Crippen molar-refractivity contribution < 1.29 is 4.74 Å². The van der Waals surface area contributed by atoms with Crippen LogP contribution in [0.15, 0.2) is 47.6 Å². The second kappa shape index (κ2) is 11.8. The number of aliphatic imine (C=N–C) groups is 1. The smallest absolute Gasteiger partial charge is 0.191 e. The molecule has 2 heterocycles. The van der Waals surface area contributed by atoms with Gasteiger partial charge in [-0.15, -0.1) is 0 Å². The number of guanidine groups is 1. The van der Waals surface area contributed by atoms with Crippen LogP contribution in [0.3, 0.4) is 0 Å². The van der Waals surface area contributed by atoms with Gasteiger partial charge in [-0.2, -0.15) is 0 Å². The molecule has 1 aromatic heterocycles. The molecular formula is C22H30ClN5O. The molecule has 1 saturated heterocycles. The molecular weight excluding hydrogens is 386 g/mol. The van der Waals surface area contributed by atoms with Crippen LogP contribution < -0.4 is 10.6 Å². The summed E-state index contributed by atoms with van der Waals surface area (Å²) in [7, 11) is 0. The largest absolute Gasteiger partial charge is 0.379 e. The third-order valence-electron chi connectivity index (χ3n) is 4.79. The van der Waals surface area contributed by atoms with Crippen LogP contribution in [-0.2, 0) is 24.2 Å². The Labute approximate surface area is 178 Å². The van der Waals surface area contributed by atoms with Crippen molar-refractivity contribution in [3.63, 3.8) is 0 Å². The van der Waals surface area contributed by atoms with Gasteiger partial charge in [0.2, 0.25) is 0 Å². The van der Waals surface area contributed by atoms with E-state index in [9.17, 15) is 0 Å². The number of hydrogen-bond donors (Lipinski definition) is 2. The second-order valence-electron chi connectivity index (χ2n) is 7.07. The van der Waals surface area contributed by atoms with Crippen molar-refractivity contribution in [2.45, 2.75) is 26.4 Å². The molecule has 3 rings (SSSR count). The fourth-order valence-electron chi connectivity index (χ4n) is 3.16. The van der Waals surface area contributed by atoms with Crippen molar-refractivity contribution in [3.05, 3.63) is 64.4 Å². The quantitative estimate of drug-likeness (QED) is 0.394. The number of aromatic nitrogens is 1. The van der Waals surface area contributed by atoms with Gasteiger partial charge in [-0.3, -0.25) is 4.90 Å². The minimum absolute atomic E-state index is 0.521. The van der Waals surface area contributed by atoms with Gasteiger partial charge in [-0.05, 0) is 36.1 Å². The lowest BCUT2D eigenvalue weighted by Gasteiger charge is -2.26. The lowest BCUT2D eigenvalue weighted by molar-refractivity contribution is 0.0342. The highest BCUT2D eigenvalue weighted by atomic mass is 35.5. The third-order valence-corrected chi connectivity index (χ3v) is 5.02. The summed E-state index contributed by atoms with van der Waals surface area (Å²) in [5.41, 5.74) is 3.68. The van der Waals surface area contributed by atoms with Crippen LogP contribution in [0, 0.1) is 0 Å². The lowest BCUT2D eigenvalue weighted by atomic mass is 10.1.